The van der Waals surface area contributed by atoms with Crippen molar-refractivity contribution in [1.82, 2.24) is 20.4 Å². The SMILES string of the molecule is CCCCCC(C)NC(=NCCN1CCN(C(C)=O)CC1)NCC. The Balaban J connectivity index is 2.31. The first-order chi connectivity index (χ1) is 11.6. The van der Waals surface area contributed by atoms with Crippen LogP contribution in [-0.2, 0) is 4.79 Å². The maximum Gasteiger partial charge on any atom is 0.219 e. The quantitative estimate of drug-likeness (QED) is 0.381. The van der Waals surface area contributed by atoms with Crippen LogP contribution in [0, 0.1) is 0 Å². The van der Waals surface area contributed by atoms with Crippen LogP contribution in [0.15, 0.2) is 4.99 Å². The summed E-state index contributed by atoms with van der Waals surface area (Å²) in [7, 11) is 0. The fourth-order valence-corrected chi connectivity index (χ4v) is 2.92. The number of unbranched alkanes of at least 4 members (excludes halogenated alkanes) is 2. The van der Waals surface area contributed by atoms with Crippen LogP contribution in [-0.4, -0.2) is 73.5 Å². The molecule has 6 heteroatoms. The molecule has 6 nitrogen and oxygen atoms in total. The molecule has 1 heterocycles. The van der Waals surface area contributed by atoms with E-state index >= 15 is 0 Å². The summed E-state index contributed by atoms with van der Waals surface area (Å²) in [5.41, 5.74) is 0. The van der Waals surface area contributed by atoms with Gasteiger partial charge in [0.2, 0.25) is 5.91 Å². The third-order valence-electron chi connectivity index (χ3n) is 4.47. The van der Waals surface area contributed by atoms with E-state index in [0.717, 1.165) is 51.8 Å². The van der Waals surface area contributed by atoms with E-state index in [1.807, 2.05) is 4.90 Å². The van der Waals surface area contributed by atoms with E-state index in [2.05, 4.69) is 36.3 Å². The minimum atomic E-state index is 0.184. The largest absolute Gasteiger partial charge is 0.357 e. The first-order valence-electron chi connectivity index (χ1n) is 9.59. The fourth-order valence-electron chi connectivity index (χ4n) is 2.92. The van der Waals surface area contributed by atoms with E-state index in [-0.39, 0.29) is 5.91 Å². The van der Waals surface area contributed by atoms with Crippen molar-refractivity contribution >= 4 is 11.9 Å². The highest BCUT2D eigenvalue weighted by Crippen LogP contribution is 2.03. The van der Waals surface area contributed by atoms with E-state index in [4.69, 9.17) is 4.99 Å². The first-order valence-corrected chi connectivity index (χ1v) is 9.59. The van der Waals surface area contributed by atoms with Gasteiger partial charge in [0.15, 0.2) is 5.96 Å². The zero-order valence-electron chi connectivity index (χ0n) is 16.1. The van der Waals surface area contributed by atoms with Gasteiger partial charge in [0.25, 0.3) is 0 Å². The molecule has 1 amide bonds. The zero-order chi connectivity index (χ0) is 17.8. The minimum Gasteiger partial charge on any atom is -0.357 e. The zero-order valence-corrected chi connectivity index (χ0v) is 16.1. The van der Waals surface area contributed by atoms with Gasteiger partial charge in [-0.25, -0.2) is 0 Å². The van der Waals surface area contributed by atoms with E-state index < -0.39 is 0 Å². The summed E-state index contributed by atoms with van der Waals surface area (Å²) in [5.74, 6) is 1.10. The summed E-state index contributed by atoms with van der Waals surface area (Å²) in [4.78, 5) is 20.4. The lowest BCUT2D eigenvalue weighted by Crippen LogP contribution is -2.48. The summed E-state index contributed by atoms with van der Waals surface area (Å²) in [6.07, 6.45) is 5.01. The van der Waals surface area contributed by atoms with Crippen LogP contribution < -0.4 is 10.6 Å². The second kappa shape index (κ2) is 12.1. The number of nitrogens with one attached hydrogen (secondary N) is 2. The highest BCUT2D eigenvalue weighted by Gasteiger charge is 2.17. The van der Waals surface area contributed by atoms with Crippen molar-refractivity contribution in [2.24, 2.45) is 4.99 Å². The molecule has 0 aliphatic carbocycles. The molecular formula is C18H37N5O. The molecule has 0 aromatic heterocycles. The Kier molecular flexibility index (Phi) is 10.5. The second-order valence-electron chi connectivity index (χ2n) is 6.65. The fraction of sp³-hybridized carbons (Fsp3) is 0.889. The van der Waals surface area contributed by atoms with E-state index in [9.17, 15) is 4.79 Å². The molecule has 2 N–H and O–H groups in total. The summed E-state index contributed by atoms with van der Waals surface area (Å²) < 4.78 is 0. The van der Waals surface area contributed by atoms with Crippen molar-refractivity contribution in [1.29, 1.82) is 0 Å². The standard InChI is InChI=1S/C18H37N5O/c1-5-7-8-9-16(3)21-18(19-6-2)20-10-11-22-12-14-23(15-13-22)17(4)24/h16H,5-15H2,1-4H3,(H2,19,20,21). The minimum absolute atomic E-state index is 0.184. The second-order valence-corrected chi connectivity index (χ2v) is 6.65. The van der Waals surface area contributed by atoms with E-state index in [1.54, 1.807) is 6.92 Å². The number of aliphatic imine (C=N–C) groups is 1. The van der Waals surface area contributed by atoms with Crippen LogP contribution in [0.25, 0.3) is 0 Å². The number of nitrogens with zero attached hydrogens (tertiary/aromatic N) is 3. The summed E-state index contributed by atoms with van der Waals surface area (Å²) >= 11 is 0. The Hall–Kier alpha value is -1.30. The molecule has 1 aliphatic heterocycles. The van der Waals surface area contributed by atoms with Crippen molar-refractivity contribution in [3.63, 3.8) is 0 Å². The van der Waals surface area contributed by atoms with E-state index in [0.29, 0.717) is 6.04 Å². The molecule has 0 aromatic carbocycles. The highest BCUT2D eigenvalue weighted by molar-refractivity contribution is 5.80. The Morgan fingerprint density at radius 3 is 2.46 bits per heavy atom. The lowest BCUT2D eigenvalue weighted by Gasteiger charge is -2.33. The van der Waals surface area contributed by atoms with Crippen LogP contribution in [0.5, 0.6) is 0 Å². The van der Waals surface area contributed by atoms with Crippen molar-refractivity contribution in [3.05, 3.63) is 0 Å². The third kappa shape index (κ3) is 8.52. The van der Waals surface area contributed by atoms with Crippen molar-refractivity contribution in [2.45, 2.75) is 59.4 Å². The Labute approximate surface area is 148 Å². The van der Waals surface area contributed by atoms with Gasteiger partial charge in [0, 0.05) is 52.2 Å². The molecule has 1 unspecified atom stereocenters. The van der Waals surface area contributed by atoms with Crippen molar-refractivity contribution < 1.29 is 4.79 Å². The molecule has 1 rings (SSSR count). The molecule has 0 bridgehead atoms. The molecule has 140 valence electrons. The van der Waals surface area contributed by atoms with Gasteiger partial charge in [-0.05, 0) is 20.3 Å². The van der Waals surface area contributed by atoms with Crippen molar-refractivity contribution in [2.75, 3.05) is 45.8 Å². The monoisotopic (exact) mass is 339 g/mol. The maximum absolute atomic E-state index is 11.3. The number of hydrogen-bond acceptors (Lipinski definition) is 3. The van der Waals surface area contributed by atoms with Crippen molar-refractivity contribution in [3.8, 4) is 0 Å². The van der Waals surface area contributed by atoms with Crippen LogP contribution in [0.3, 0.4) is 0 Å². The normalized spacial score (nSPS) is 17.7. The molecule has 1 fully saturated rings. The summed E-state index contributed by atoms with van der Waals surface area (Å²) in [6.45, 7) is 14.4. The number of guanidine groups is 1. The predicted octanol–water partition coefficient (Wildman–Crippen LogP) is 1.67. The number of hydrogen-bond donors (Lipinski definition) is 2. The average Bonchev–Trinajstić information content (AvgIpc) is 2.55. The summed E-state index contributed by atoms with van der Waals surface area (Å²) in [6, 6.07) is 0.452. The van der Waals surface area contributed by atoms with Crippen LogP contribution in [0.1, 0.15) is 53.4 Å². The summed E-state index contributed by atoms with van der Waals surface area (Å²) in [5, 5.41) is 6.84. The number of piperazine rings is 1. The molecule has 0 aromatic rings. The van der Waals surface area contributed by atoms with Gasteiger partial charge in [-0.1, -0.05) is 26.2 Å². The van der Waals surface area contributed by atoms with Gasteiger partial charge in [0.1, 0.15) is 0 Å². The number of rotatable bonds is 9. The van der Waals surface area contributed by atoms with Crippen LogP contribution >= 0.6 is 0 Å². The Morgan fingerprint density at radius 1 is 1.17 bits per heavy atom. The lowest BCUT2D eigenvalue weighted by atomic mass is 10.1. The van der Waals surface area contributed by atoms with E-state index in [1.165, 1.54) is 25.7 Å². The molecule has 0 radical (unpaired) electrons. The van der Waals surface area contributed by atoms with Gasteiger partial charge >= 0.3 is 0 Å². The lowest BCUT2D eigenvalue weighted by molar-refractivity contribution is -0.130. The van der Waals surface area contributed by atoms with Gasteiger partial charge in [-0.3, -0.25) is 14.7 Å². The Morgan fingerprint density at radius 2 is 1.88 bits per heavy atom. The molecule has 1 saturated heterocycles. The highest BCUT2D eigenvalue weighted by atomic mass is 16.2. The Bertz CT molecular complexity index is 378. The third-order valence-corrected chi connectivity index (χ3v) is 4.47. The number of carbonyl (C=O) groups is 1. The van der Waals surface area contributed by atoms with Gasteiger partial charge in [-0.2, -0.15) is 0 Å². The van der Waals surface area contributed by atoms with Gasteiger partial charge in [-0.15, -0.1) is 0 Å². The predicted molar refractivity (Wildman–Crippen MR) is 101 cm³/mol. The molecule has 0 spiro atoms. The molecule has 1 atom stereocenters. The molecule has 0 saturated carbocycles. The van der Waals surface area contributed by atoms with Crippen LogP contribution in [0.4, 0.5) is 0 Å². The molecular weight excluding hydrogens is 302 g/mol. The number of amides is 1. The maximum atomic E-state index is 11.3. The number of carbonyl (C=O) groups excluding carboxylic acids is 1. The van der Waals surface area contributed by atoms with Gasteiger partial charge in [0.05, 0.1) is 6.54 Å². The molecule has 24 heavy (non-hydrogen) atoms. The first kappa shape index (κ1) is 20.7. The molecule has 1 aliphatic rings. The van der Waals surface area contributed by atoms with Gasteiger partial charge < -0.3 is 15.5 Å². The topological polar surface area (TPSA) is 60.0 Å². The smallest absolute Gasteiger partial charge is 0.219 e. The average molecular weight is 340 g/mol. The van der Waals surface area contributed by atoms with Crippen LogP contribution in [0.2, 0.25) is 0 Å².